The summed E-state index contributed by atoms with van der Waals surface area (Å²) >= 11 is 0. The normalized spacial score (nSPS) is 14.3. The lowest BCUT2D eigenvalue weighted by molar-refractivity contribution is 0.425. The maximum atomic E-state index is 9.04. The molecule has 76 valence electrons. The zero-order chi connectivity index (χ0) is 10.8. The van der Waals surface area contributed by atoms with E-state index in [1.165, 1.54) is 12.8 Å². The molecule has 0 bridgehead atoms. The Kier molecular flexibility index (Phi) is 2.81. The summed E-state index contributed by atoms with van der Waals surface area (Å²) in [6.07, 6.45) is 2.44. The monoisotopic (exact) mass is 200 g/mol. The van der Waals surface area contributed by atoms with Gasteiger partial charge in [-0.25, -0.2) is 0 Å². The summed E-state index contributed by atoms with van der Waals surface area (Å²) in [6, 6.07) is 5.44. The fourth-order valence-electron chi connectivity index (χ4n) is 1.46. The van der Waals surface area contributed by atoms with Crippen LogP contribution in [0, 0.1) is 24.7 Å². The number of hydrogen-bond donors (Lipinski definition) is 2. The van der Waals surface area contributed by atoms with E-state index in [0.29, 0.717) is 11.4 Å². The van der Waals surface area contributed by atoms with E-state index in [4.69, 9.17) is 10.0 Å². The number of benzene rings is 1. The molecule has 15 heavy (non-hydrogen) atoms. The van der Waals surface area contributed by atoms with Crippen LogP contribution in [0.15, 0.2) is 18.2 Å². The third-order valence-electron chi connectivity index (χ3n) is 2.55. The highest BCUT2D eigenvalue weighted by Gasteiger charge is 2.18. The predicted molar refractivity (Wildman–Crippen MR) is 60.6 cm³/mol. The predicted octanol–water partition coefficient (Wildman–Crippen LogP) is 0.436. The van der Waals surface area contributed by atoms with Crippen molar-refractivity contribution in [2.24, 2.45) is 5.92 Å². The van der Waals surface area contributed by atoms with E-state index >= 15 is 0 Å². The average molecular weight is 200 g/mol. The first kappa shape index (κ1) is 10.3. The zero-order valence-electron chi connectivity index (χ0n) is 8.70. The highest BCUT2D eigenvalue weighted by Crippen LogP contribution is 2.27. The Labute approximate surface area is 90.1 Å². The maximum absolute atomic E-state index is 9.04. The van der Waals surface area contributed by atoms with Gasteiger partial charge in [0.1, 0.15) is 0 Å². The molecule has 0 aromatic heterocycles. The molecule has 0 atom stereocenters. The van der Waals surface area contributed by atoms with Crippen LogP contribution in [-0.4, -0.2) is 17.2 Å². The van der Waals surface area contributed by atoms with E-state index < -0.39 is 7.12 Å². The molecule has 2 N–H and O–H groups in total. The molecular weight excluding hydrogens is 187 g/mol. The van der Waals surface area contributed by atoms with Gasteiger partial charge in [0, 0.05) is 11.5 Å². The molecule has 0 unspecified atom stereocenters. The summed E-state index contributed by atoms with van der Waals surface area (Å²) in [5.41, 5.74) is 2.36. The van der Waals surface area contributed by atoms with Crippen LogP contribution in [0.1, 0.15) is 24.0 Å². The lowest BCUT2D eigenvalue weighted by atomic mass is 9.77. The Balaban J connectivity index is 2.21. The number of aryl methyl sites for hydroxylation is 1. The van der Waals surface area contributed by atoms with Gasteiger partial charge >= 0.3 is 7.12 Å². The summed E-state index contributed by atoms with van der Waals surface area (Å²) in [4.78, 5) is 0. The lowest BCUT2D eigenvalue weighted by Crippen LogP contribution is -2.31. The van der Waals surface area contributed by atoms with E-state index in [1.807, 2.05) is 19.1 Å². The smallest absolute Gasteiger partial charge is 0.423 e. The van der Waals surface area contributed by atoms with Crippen LogP contribution in [0.4, 0.5) is 0 Å². The summed E-state index contributed by atoms with van der Waals surface area (Å²) in [5.74, 6) is 6.87. The molecule has 1 fully saturated rings. The highest BCUT2D eigenvalue weighted by molar-refractivity contribution is 6.59. The third-order valence-corrected chi connectivity index (χ3v) is 2.55. The van der Waals surface area contributed by atoms with Crippen molar-refractivity contribution >= 4 is 12.6 Å². The summed E-state index contributed by atoms with van der Waals surface area (Å²) in [7, 11) is -1.39. The molecule has 0 saturated heterocycles. The van der Waals surface area contributed by atoms with Crippen LogP contribution in [0.25, 0.3) is 0 Å². The lowest BCUT2D eigenvalue weighted by Gasteiger charge is -2.03. The van der Waals surface area contributed by atoms with Gasteiger partial charge in [-0.05, 0) is 37.4 Å². The van der Waals surface area contributed by atoms with E-state index in [9.17, 15) is 0 Å². The van der Waals surface area contributed by atoms with Crippen molar-refractivity contribution in [2.75, 3.05) is 0 Å². The van der Waals surface area contributed by atoms with Crippen molar-refractivity contribution in [2.45, 2.75) is 19.8 Å². The van der Waals surface area contributed by atoms with Crippen LogP contribution in [0.2, 0.25) is 0 Å². The number of rotatable bonds is 1. The van der Waals surface area contributed by atoms with Crippen molar-refractivity contribution in [3.63, 3.8) is 0 Å². The highest BCUT2D eigenvalue weighted by atomic mass is 16.4. The van der Waals surface area contributed by atoms with Crippen LogP contribution in [-0.2, 0) is 0 Å². The van der Waals surface area contributed by atoms with Crippen LogP contribution < -0.4 is 5.46 Å². The standard InChI is InChI=1S/C12H13BO2/c1-9-8-11(5-4-10-2-3-10)6-7-12(9)13(14)15/h6-8,10,14-15H,2-3H2,1H3. The Hall–Kier alpha value is -1.24. The molecule has 1 aromatic carbocycles. The minimum atomic E-state index is -1.39. The van der Waals surface area contributed by atoms with Gasteiger partial charge in [0.25, 0.3) is 0 Å². The van der Waals surface area contributed by atoms with Crippen LogP contribution >= 0.6 is 0 Å². The van der Waals surface area contributed by atoms with Gasteiger partial charge in [-0.15, -0.1) is 0 Å². The fourth-order valence-corrected chi connectivity index (χ4v) is 1.46. The Morgan fingerprint density at radius 2 is 2.07 bits per heavy atom. The molecule has 2 rings (SSSR count). The van der Waals surface area contributed by atoms with Crippen molar-refractivity contribution in [1.82, 2.24) is 0 Å². The molecule has 1 aliphatic rings. The van der Waals surface area contributed by atoms with E-state index in [2.05, 4.69) is 11.8 Å². The topological polar surface area (TPSA) is 40.5 Å². The maximum Gasteiger partial charge on any atom is 0.488 e. The Bertz CT molecular complexity index is 425. The van der Waals surface area contributed by atoms with Crippen molar-refractivity contribution in [3.05, 3.63) is 29.3 Å². The second kappa shape index (κ2) is 4.10. The van der Waals surface area contributed by atoms with Crippen molar-refractivity contribution < 1.29 is 10.0 Å². The number of hydrogen-bond acceptors (Lipinski definition) is 2. The van der Waals surface area contributed by atoms with Gasteiger partial charge in [-0.3, -0.25) is 0 Å². The molecule has 3 heteroatoms. The van der Waals surface area contributed by atoms with Gasteiger partial charge in [-0.1, -0.05) is 23.5 Å². The minimum absolute atomic E-state index is 0.548. The van der Waals surface area contributed by atoms with Gasteiger partial charge < -0.3 is 10.0 Å². The largest absolute Gasteiger partial charge is 0.488 e. The molecule has 2 nitrogen and oxygen atoms in total. The van der Waals surface area contributed by atoms with E-state index in [-0.39, 0.29) is 0 Å². The average Bonchev–Trinajstić information content (AvgIpc) is 2.97. The van der Waals surface area contributed by atoms with Crippen LogP contribution in [0.5, 0.6) is 0 Å². The molecule has 0 heterocycles. The van der Waals surface area contributed by atoms with E-state index in [0.717, 1.165) is 11.1 Å². The van der Waals surface area contributed by atoms with Crippen molar-refractivity contribution in [3.8, 4) is 11.8 Å². The zero-order valence-corrected chi connectivity index (χ0v) is 8.70. The van der Waals surface area contributed by atoms with Gasteiger partial charge in [0.15, 0.2) is 0 Å². The molecule has 0 spiro atoms. The summed E-state index contributed by atoms with van der Waals surface area (Å²) < 4.78 is 0. The van der Waals surface area contributed by atoms with Crippen molar-refractivity contribution in [1.29, 1.82) is 0 Å². The molecule has 0 amide bonds. The molecular formula is C12H13BO2. The third kappa shape index (κ3) is 2.62. The summed E-state index contributed by atoms with van der Waals surface area (Å²) in [6.45, 7) is 1.86. The Morgan fingerprint density at radius 3 is 2.60 bits per heavy atom. The summed E-state index contributed by atoms with van der Waals surface area (Å²) in [5, 5.41) is 18.1. The van der Waals surface area contributed by atoms with E-state index in [1.54, 1.807) is 6.07 Å². The Morgan fingerprint density at radius 1 is 1.33 bits per heavy atom. The first-order valence-electron chi connectivity index (χ1n) is 5.15. The first-order valence-corrected chi connectivity index (χ1v) is 5.15. The molecule has 0 radical (unpaired) electrons. The molecule has 0 aliphatic heterocycles. The SMILES string of the molecule is Cc1cc(C#CC2CC2)ccc1B(O)O. The second-order valence-corrected chi connectivity index (χ2v) is 3.99. The van der Waals surface area contributed by atoms with Gasteiger partial charge in [-0.2, -0.15) is 0 Å². The molecule has 1 aliphatic carbocycles. The minimum Gasteiger partial charge on any atom is -0.423 e. The van der Waals surface area contributed by atoms with Gasteiger partial charge in [0.05, 0.1) is 0 Å². The quantitative estimate of drug-likeness (QED) is 0.510. The van der Waals surface area contributed by atoms with Gasteiger partial charge in [0.2, 0.25) is 0 Å². The first-order chi connectivity index (χ1) is 7.16. The fraction of sp³-hybridized carbons (Fsp3) is 0.333. The molecule has 1 saturated carbocycles. The molecule has 1 aromatic rings. The van der Waals surface area contributed by atoms with Crippen LogP contribution in [0.3, 0.4) is 0 Å². The second-order valence-electron chi connectivity index (χ2n) is 3.99.